The number of para-hydroxylation sites is 1. The molecule has 0 N–H and O–H groups in total. The average Bonchev–Trinajstić information content (AvgIpc) is 3.53. The lowest BCUT2D eigenvalue weighted by atomic mass is 10.0. The predicted molar refractivity (Wildman–Crippen MR) is 153 cm³/mol. The van der Waals surface area contributed by atoms with Crippen LogP contribution < -0.4 is 0 Å². The maximum absolute atomic E-state index is 5.09. The lowest BCUT2D eigenvalue weighted by Gasteiger charge is -2.13. The molecule has 38 heavy (non-hydrogen) atoms. The fraction of sp³-hybridized carbons (Fsp3) is 0.0294. The Morgan fingerprint density at radius 2 is 1.13 bits per heavy atom. The second-order valence-electron chi connectivity index (χ2n) is 9.70. The third kappa shape index (κ3) is 3.14. The maximum Gasteiger partial charge on any atom is 0.238 e. The van der Waals surface area contributed by atoms with Gasteiger partial charge in [0.1, 0.15) is 0 Å². The molecule has 0 fully saturated rings. The number of hydrogen-bond donors (Lipinski definition) is 0. The molecular formula is C34H22N4. The standard InChI is InChI=1S/C34H22N4/c1-3-11-22(12-4-1)32-35-33(23-13-5-2-6-14-23)37-34(36-32)38-29-18-10-9-17-27(29)28-20-19-25-21-24-15-7-8-16-26(24)30(25)31(28)38/h1-20H,21H2. The highest BCUT2D eigenvalue weighted by molar-refractivity contribution is 6.15. The van der Waals surface area contributed by atoms with Crippen molar-refractivity contribution in [2.24, 2.45) is 0 Å². The van der Waals surface area contributed by atoms with Crippen molar-refractivity contribution in [3.05, 3.63) is 132 Å². The highest BCUT2D eigenvalue weighted by Crippen LogP contribution is 2.45. The van der Waals surface area contributed by atoms with E-state index >= 15 is 0 Å². The summed E-state index contributed by atoms with van der Waals surface area (Å²) in [5.74, 6) is 1.95. The van der Waals surface area contributed by atoms with Crippen LogP contribution >= 0.6 is 0 Å². The van der Waals surface area contributed by atoms with E-state index in [4.69, 9.17) is 15.0 Å². The normalized spacial score (nSPS) is 12.1. The molecule has 0 spiro atoms. The molecule has 8 rings (SSSR count). The Morgan fingerprint density at radius 1 is 0.500 bits per heavy atom. The van der Waals surface area contributed by atoms with Crippen molar-refractivity contribution >= 4 is 21.8 Å². The third-order valence-electron chi connectivity index (χ3n) is 7.48. The van der Waals surface area contributed by atoms with Crippen LogP contribution in [0.3, 0.4) is 0 Å². The van der Waals surface area contributed by atoms with Crippen LogP contribution in [-0.2, 0) is 6.42 Å². The number of nitrogens with zero attached hydrogens (tertiary/aromatic N) is 4. The SMILES string of the molecule is c1ccc(-c2nc(-c3ccccc3)nc(-n3c4ccccc4c4ccc5c(c43)-c3ccccc3C5)n2)cc1. The zero-order valence-corrected chi connectivity index (χ0v) is 20.5. The van der Waals surface area contributed by atoms with Crippen molar-refractivity contribution in [2.45, 2.75) is 6.42 Å². The minimum Gasteiger partial charge on any atom is -0.277 e. The molecule has 0 saturated carbocycles. The quantitative estimate of drug-likeness (QED) is 0.255. The summed E-state index contributed by atoms with van der Waals surface area (Å²) in [4.78, 5) is 15.1. The Labute approximate surface area is 219 Å². The smallest absolute Gasteiger partial charge is 0.238 e. The van der Waals surface area contributed by atoms with Crippen LogP contribution in [0.25, 0.3) is 61.7 Å². The highest BCUT2D eigenvalue weighted by Gasteiger charge is 2.26. The highest BCUT2D eigenvalue weighted by atomic mass is 15.2. The van der Waals surface area contributed by atoms with E-state index in [0.717, 1.165) is 28.6 Å². The van der Waals surface area contributed by atoms with Gasteiger partial charge in [-0.05, 0) is 29.2 Å². The van der Waals surface area contributed by atoms with Crippen LogP contribution in [0.1, 0.15) is 11.1 Å². The largest absolute Gasteiger partial charge is 0.277 e. The second-order valence-corrected chi connectivity index (χ2v) is 9.70. The maximum atomic E-state index is 5.09. The average molecular weight is 487 g/mol. The molecule has 4 heteroatoms. The van der Waals surface area contributed by atoms with Crippen molar-refractivity contribution in [1.29, 1.82) is 0 Å². The molecular weight excluding hydrogens is 464 g/mol. The van der Waals surface area contributed by atoms with Gasteiger partial charge in [0.15, 0.2) is 11.6 Å². The Balaban J connectivity index is 1.51. The molecule has 0 radical (unpaired) electrons. The number of fused-ring (bicyclic) bond motifs is 7. The first kappa shape index (κ1) is 21.0. The first-order chi connectivity index (χ1) is 18.8. The molecule has 1 aliphatic rings. The minimum atomic E-state index is 0.627. The summed E-state index contributed by atoms with van der Waals surface area (Å²) >= 11 is 0. The van der Waals surface area contributed by atoms with E-state index in [2.05, 4.69) is 65.2 Å². The Hall–Kier alpha value is -5.09. The van der Waals surface area contributed by atoms with E-state index in [9.17, 15) is 0 Å². The molecule has 0 bridgehead atoms. The van der Waals surface area contributed by atoms with Crippen LogP contribution in [0.2, 0.25) is 0 Å². The van der Waals surface area contributed by atoms with Gasteiger partial charge in [-0.1, -0.05) is 115 Å². The molecule has 0 aliphatic heterocycles. The van der Waals surface area contributed by atoms with E-state index < -0.39 is 0 Å². The zero-order chi connectivity index (χ0) is 25.1. The molecule has 0 atom stereocenters. The summed E-state index contributed by atoms with van der Waals surface area (Å²) < 4.78 is 2.24. The van der Waals surface area contributed by atoms with Gasteiger partial charge in [-0.15, -0.1) is 0 Å². The van der Waals surface area contributed by atoms with E-state index in [-0.39, 0.29) is 0 Å². The number of aromatic nitrogens is 4. The summed E-state index contributed by atoms with van der Waals surface area (Å²) in [6.07, 6.45) is 0.935. The van der Waals surface area contributed by atoms with Gasteiger partial charge in [-0.3, -0.25) is 4.57 Å². The molecule has 0 saturated heterocycles. The number of rotatable bonds is 3. The summed E-state index contributed by atoms with van der Waals surface area (Å²) in [5.41, 5.74) is 9.42. The van der Waals surface area contributed by atoms with Gasteiger partial charge in [-0.25, -0.2) is 4.98 Å². The van der Waals surface area contributed by atoms with Crippen LogP contribution in [0.4, 0.5) is 0 Å². The molecule has 1 aliphatic carbocycles. The van der Waals surface area contributed by atoms with E-state index in [1.54, 1.807) is 0 Å². The molecule has 178 valence electrons. The molecule has 5 aromatic carbocycles. The fourth-order valence-corrected chi connectivity index (χ4v) is 5.78. The Kier molecular flexibility index (Phi) is 4.55. The van der Waals surface area contributed by atoms with Gasteiger partial charge < -0.3 is 0 Å². The molecule has 0 amide bonds. The van der Waals surface area contributed by atoms with Crippen LogP contribution in [0.5, 0.6) is 0 Å². The van der Waals surface area contributed by atoms with Gasteiger partial charge in [-0.2, -0.15) is 9.97 Å². The van der Waals surface area contributed by atoms with E-state index in [0.29, 0.717) is 17.6 Å². The summed E-state index contributed by atoms with van der Waals surface area (Å²) in [5, 5.41) is 2.40. The lowest BCUT2D eigenvalue weighted by Crippen LogP contribution is -2.07. The number of benzene rings is 5. The van der Waals surface area contributed by atoms with Crippen molar-refractivity contribution in [3.8, 4) is 39.9 Å². The van der Waals surface area contributed by atoms with E-state index in [1.807, 2.05) is 60.7 Å². The summed E-state index contributed by atoms with van der Waals surface area (Å²) in [6, 6.07) is 42.1. The van der Waals surface area contributed by atoms with Crippen LogP contribution in [0.15, 0.2) is 121 Å². The lowest BCUT2D eigenvalue weighted by molar-refractivity contribution is 0.953. The zero-order valence-electron chi connectivity index (χ0n) is 20.5. The first-order valence-electron chi connectivity index (χ1n) is 12.9. The Bertz CT molecular complexity index is 1930. The van der Waals surface area contributed by atoms with Crippen LogP contribution in [0, 0.1) is 0 Å². The topological polar surface area (TPSA) is 43.6 Å². The van der Waals surface area contributed by atoms with Crippen molar-refractivity contribution in [3.63, 3.8) is 0 Å². The minimum absolute atomic E-state index is 0.627. The van der Waals surface area contributed by atoms with Gasteiger partial charge in [0, 0.05) is 27.5 Å². The molecule has 7 aromatic rings. The van der Waals surface area contributed by atoms with Gasteiger partial charge in [0.2, 0.25) is 5.95 Å². The van der Waals surface area contributed by atoms with Crippen LogP contribution in [-0.4, -0.2) is 19.5 Å². The second kappa shape index (κ2) is 8.22. The number of hydrogen-bond acceptors (Lipinski definition) is 3. The fourth-order valence-electron chi connectivity index (χ4n) is 5.78. The Morgan fingerprint density at radius 3 is 1.87 bits per heavy atom. The van der Waals surface area contributed by atoms with E-state index in [1.165, 1.54) is 33.0 Å². The van der Waals surface area contributed by atoms with Crippen molar-refractivity contribution < 1.29 is 0 Å². The first-order valence-corrected chi connectivity index (χ1v) is 12.9. The molecule has 2 heterocycles. The third-order valence-corrected chi connectivity index (χ3v) is 7.48. The van der Waals surface area contributed by atoms with Gasteiger partial charge in [0.25, 0.3) is 0 Å². The predicted octanol–water partition coefficient (Wildman–Crippen LogP) is 7.87. The summed E-state index contributed by atoms with van der Waals surface area (Å²) in [6.45, 7) is 0. The summed E-state index contributed by atoms with van der Waals surface area (Å²) in [7, 11) is 0. The van der Waals surface area contributed by atoms with Crippen molar-refractivity contribution in [2.75, 3.05) is 0 Å². The van der Waals surface area contributed by atoms with Crippen molar-refractivity contribution in [1.82, 2.24) is 19.5 Å². The van der Waals surface area contributed by atoms with Gasteiger partial charge in [0.05, 0.1) is 11.0 Å². The molecule has 2 aromatic heterocycles. The molecule has 0 unspecified atom stereocenters. The monoisotopic (exact) mass is 486 g/mol. The van der Waals surface area contributed by atoms with Gasteiger partial charge >= 0.3 is 0 Å². The molecule has 4 nitrogen and oxygen atoms in total.